The van der Waals surface area contributed by atoms with Gasteiger partial charge in [-0.05, 0) is 25.8 Å². The van der Waals surface area contributed by atoms with Crippen molar-refractivity contribution in [2.45, 2.75) is 26.3 Å². The zero-order valence-electron chi connectivity index (χ0n) is 14.7. The first-order valence-electron chi connectivity index (χ1n) is 8.55. The molecule has 3 rings (SSSR count). The Kier molecular flexibility index (Phi) is 4.91. The van der Waals surface area contributed by atoms with Crippen LogP contribution in [0.2, 0.25) is 0 Å². The van der Waals surface area contributed by atoms with Crippen LogP contribution in [0.1, 0.15) is 30.1 Å². The molecule has 0 aromatic carbocycles. The predicted molar refractivity (Wildman–Crippen MR) is 94.1 cm³/mol. The first-order valence-corrected chi connectivity index (χ1v) is 8.55. The van der Waals surface area contributed by atoms with E-state index in [-0.39, 0.29) is 17.9 Å². The standard InChI is InChI=1S/C17H25N5O3/c1-3-22-14-13(20-16(22)18)8-12(9-19-14)15(24)21(2)10-17(11-23)4-6-25-7-5-17/h8-9,23H,3-7,10-11H2,1-2H3,(H2,18,20). The van der Waals surface area contributed by atoms with E-state index in [1.807, 2.05) is 6.92 Å². The fourth-order valence-electron chi connectivity index (χ4n) is 3.42. The molecule has 2 aromatic rings. The highest BCUT2D eigenvalue weighted by atomic mass is 16.5. The summed E-state index contributed by atoms with van der Waals surface area (Å²) in [5.74, 6) is 0.253. The number of aliphatic hydroxyl groups is 1. The van der Waals surface area contributed by atoms with Crippen LogP contribution in [0.25, 0.3) is 11.2 Å². The lowest BCUT2D eigenvalue weighted by atomic mass is 9.80. The number of nitrogen functional groups attached to an aromatic ring is 1. The molecule has 0 spiro atoms. The second kappa shape index (κ2) is 6.97. The van der Waals surface area contributed by atoms with Crippen LogP contribution in [0.5, 0.6) is 0 Å². The fourth-order valence-corrected chi connectivity index (χ4v) is 3.42. The van der Waals surface area contributed by atoms with Gasteiger partial charge in [-0.15, -0.1) is 0 Å². The number of nitrogens with two attached hydrogens (primary N) is 1. The number of anilines is 1. The molecule has 3 heterocycles. The Hall–Kier alpha value is -2.19. The van der Waals surface area contributed by atoms with Gasteiger partial charge in [0.05, 0.1) is 12.2 Å². The van der Waals surface area contributed by atoms with Gasteiger partial charge in [0.25, 0.3) is 5.91 Å². The molecule has 0 unspecified atom stereocenters. The number of nitrogens with zero attached hydrogens (tertiary/aromatic N) is 4. The summed E-state index contributed by atoms with van der Waals surface area (Å²) < 4.78 is 7.18. The number of hydrogen-bond acceptors (Lipinski definition) is 6. The third-order valence-electron chi connectivity index (χ3n) is 4.99. The summed E-state index contributed by atoms with van der Waals surface area (Å²) in [6, 6.07) is 1.72. The fraction of sp³-hybridized carbons (Fsp3) is 0.588. The van der Waals surface area contributed by atoms with Crippen LogP contribution in [0.3, 0.4) is 0 Å². The number of ether oxygens (including phenoxy) is 1. The van der Waals surface area contributed by atoms with E-state index in [1.54, 1.807) is 28.8 Å². The number of amides is 1. The molecular weight excluding hydrogens is 322 g/mol. The quantitative estimate of drug-likeness (QED) is 0.832. The van der Waals surface area contributed by atoms with Gasteiger partial charge in [0.1, 0.15) is 5.52 Å². The number of aryl methyl sites for hydroxylation is 1. The summed E-state index contributed by atoms with van der Waals surface area (Å²) in [6.45, 7) is 4.39. The van der Waals surface area contributed by atoms with E-state index in [1.165, 1.54) is 0 Å². The van der Waals surface area contributed by atoms with Crippen molar-refractivity contribution in [1.29, 1.82) is 0 Å². The van der Waals surface area contributed by atoms with Crippen LogP contribution in [0.4, 0.5) is 5.95 Å². The molecule has 1 amide bonds. The van der Waals surface area contributed by atoms with Crippen LogP contribution in [-0.4, -0.2) is 63.9 Å². The van der Waals surface area contributed by atoms with E-state index in [0.29, 0.717) is 49.0 Å². The van der Waals surface area contributed by atoms with Gasteiger partial charge >= 0.3 is 0 Å². The van der Waals surface area contributed by atoms with Gasteiger partial charge in [0.15, 0.2) is 5.65 Å². The SMILES string of the molecule is CCn1c(N)nc2cc(C(=O)N(C)CC3(CO)CCOCC3)cnc21. The summed E-state index contributed by atoms with van der Waals surface area (Å²) in [6.07, 6.45) is 3.05. The maximum absolute atomic E-state index is 12.8. The van der Waals surface area contributed by atoms with Crippen LogP contribution in [0, 0.1) is 5.41 Å². The Bertz CT molecular complexity index is 767. The third-order valence-corrected chi connectivity index (χ3v) is 4.99. The summed E-state index contributed by atoms with van der Waals surface area (Å²) in [4.78, 5) is 23.1. The molecule has 0 saturated carbocycles. The molecular formula is C17H25N5O3. The van der Waals surface area contributed by atoms with Gasteiger partial charge in [-0.25, -0.2) is 9.97 Å². The van der Waals surface area contributed by atoms with E-state index in [0.717, 1.165) is 12.8 Å². The second-order valence-corrected chi connectivity index (χ2v) is 6.71. The lowest BCUT2D eigenvalue weighted by Crippen LogP contribution is -2.44. The topological polar surface area (TPSA) is 107 Å². The molecule has 1 aliphatic heterocycles. The van der Waals surface area contributed by atoms with Gasteiger partial charge in [-0.2, -0.15) is 0 Å². The largest absolute Gasteiger partial charge is 0.396 e. The molecule has 3 N–H and O–H groups in total. The average molecular weight is 347 g/mol. The second-order valence-electron chi connectivity index (χ2n) is 6.71. The molecule has 0 radical (unpaired) electrons. The molecule has 1 aliphatic rings. The molecule has 2 aromatic heterocycles. The number of hydrogen-bond donors (Lipinski definition) is 2. The Morgan fingerprint density at radius 2 is 2.20 bits per heavy atom. The number of fused-ring (bicyclic) bond motifs is 1. The van der Waals surface area contributed by atoms with Crippen molar-refractivity contribution in [2.75, 3.05) is 39.1 Å². The summed E-state index contributed by atoms with van der Waals surface area (Å²) in [5.41, 5.74) is 7.35. The van der Waals surface area contributed by atoms with Crippen molar-refractivity contribution in [1.82, 2.24) is 19.4 Å². The van der Waals surface area contributed by atoms with Crippen LogP contribution in [-0.2, 0) is 11.3 Å². The Labute approximate surface area is 146 Å². The number of aromatic nitrogens is 3. The minimum absolute atomic E-state index is 0.0443. The molecule has 1 saturated heterocycles. The van der Waals surface area contributed by atoms with E-state index in [4.69, 9.17) is 10.5 Å². The van der Waals surface area contributed by atoms with Gasteiger partial charge in [0.2, 0.25) is 5.95 Å². The van der Waals surface area contributed by atoms with E-state index in [9.17, 15) is 9.90 Å². The lowest BCUT2D eigenvalue weighted by molar-refractivity contribution is -0.0282. The van der Waals surface area contributed by atoms with Crippen LogP contribution < -0.4 is 5.73 Å². The first kappa shape index (κ1) is 17.6. The maximum atomic E-state index is 12.8. The maximum Gasteiger partial charge on any atom is 0.255 e. The first-order chi connectivity index (χ1) is 12.0. The van der Waals surface area contributed by atoms with E-state index in [2.05, 4.69) is 9.97 Å². The minimum atomic E-state index is -0.297. The number of carbonyl (C=O) groups excluding carboxylic acids is 1. The number of aliphatic hydroxyl groups excluding tert-OH is 1. The van der Waals surface area contributed by atoms with Gasteiger partial charge in [0, 0.05) is 45.0 Å². The number of carbonyl (C=O) groups is 1. The van der Waals surface area contributed by atoms with Gasteiger partial charge < -0.3 is 20.5 Å². The Morgan fingerprint density at radius 3 is 2.84 bits per heavy atom. The molecule has 0 bridgehead atoms. The molecule has 8 heteroatoms. The van der Waals surface area contributed by atoms with Crippen molar-refractivity contribution in [3.63, 3.8) is 0 Å². The zero-order valence-corrected chi connectivity index (χ0v) is 14.7. The molecule has 0 atom stereocenters. The smallest absolute Gasteiger partial charge is 0.255 e. The highest BCUT2D eigenvalue weighted by molar-refractivity contribution is 5.96. The zero-order chi connectivity index (χ0) is 18.0. The molecule has 25 heavy (non-hydrogen) atoms. The lowest BCUT2D eigenvalue weighted by Gasteiger charge is -2.38. The predicted octanol–water partition coefficient (Wildman–Crippen LogP) is 0.894. The van der Waals surface area contributed by atoms with E-state index >= 15 is 0 Å². The van der Waals surface area contributed by atoms with Crippen molar-refractivity contribution in [3.8, 4) is 0 Å². The highest BCUT2D eigenvalue weighted by Crippen LogP contribution is 2.31. The van der Waals surface area contributed by atoms with Crippen molar-refractivity contribution >= 4 is 23.0 Å². The molecule has 1 fully saturated rings. The summed E-state index contributed by atoms with van der Waals surface area (Å²) in [7, 11) is 1.75. The highest BCUT2D eigenvalue weighted by Gasteiger charge is 2.34. The normalized spacial score (nSPS) is 16.9. The van der Waals surface area contributed by atoms with Crippen molar-refractivity contribution < 1.29 is 14.6 Å². The monoisotopic (exact) mass is 347 g/mol. The molecule has 136 valence electrons. The van der Waals surface area contributed by atoms with Gasteiger partial charge in [-0.3, -0.25) is 9.36 Å². The van der Waals surface area contributed by atoms with Crippen molar-refractivity contribution in [2.24, 2.45) is 5.41 Å². The Morgan fingerprint density at radius 1 is 1.48 bits per heavy atom. The minimum Gasteiger partial charge on any atom is -0.396 e. The van der Waals surface area contributed by atoms with E-state index < -0.39 is 0 Å². The van der Waals surface area contributed by atoms with Crippen LogP contribution in [0.15, 0.2) is 12.3 Å². The summed E-state index contributed by atoms with van der Waals surface area (Å²) >= 11 is 0. The Balaban J connectivity index is 1.81. The summed E-state index contributed by atoms with van der Waals surface area (Å²) in [5, 5.41) is 9.81. The van der Waals surface area contributed by atoms with Crippen molar-refractivity contribution in [3.05, 3.63) is 17.8 Å². The van der Waals surface area contributed by atoms with Gasteiger partial charge in [-0.1, -0.05) is 0 Å². The molecule has 8 nitrogen and oxygen atoms in total. The average Bonchev–Trinajstić information content (AvgIpc) is 2.95. The number of rotatable bonds is 5. The van der Waals surface area contributed by atoms with Crippen LogP contribution >= 0.6 is 0 Å². The number of pyridine rings is 1. The number of imidazole rings is 1. The third kappa shape index (κ3) is 3.32. The molecule has 0 aliphatic carbocycles.